The molecule has 0 aliphatic heterocycles. The number of carbonyl (C=O) groups is 2. The zero-order valence-electron chi connectivity index (χ0n) is 16.4. The van der Waals surface area contributed by atoms with Crippen LogP contribution in [0.3, 0.4) is 0 Å². The van der Waals surface area contributed by atoms with E-state index in [2.05, 4.69) is 20.8 Å². The van der Waals surface area contributed by atoms with Crippen LogP contribution in [0.25, 0.3) is 11.3 Å². The fourth-order valence-corrected chi connectivity index (χ4v) is 3.07. The van der Waals surface area contributed by atoms with Gasteiger partial charge >= 0.3 is 0 Å². The Morgan fingerprint density at radius 2 is 1.58 bits per heavy atom. The number of hydrogen-bond acceptors (Lipinski definition) is 3. The summed E-state index contributed by atoms with van der Waals surface area (Å²) in [7, 11) is 0. The van der Waals surface area contributed by atoms with Crippen LogP contribution in [0.4, 0.5) is 10.1 Å². The Morgan fingerprint density at radius 1 is 0.871 bits per heavy atom. The highest BCUT2D eigenvalue weighted by Crippen LogP contribution is 2.22. The van der Waals surface area contributed by atoms with E-state index in [-0.39, 0.29) is 17.6 Å². The molecule has 0 saturated carbocycles. The summed E-state index contributed by atoms with van der Waals surface area (Å²) in [6.45, 7) is 0.292. The van der Waals surface area contributed by atoms with E-state index in [1.807, 2.05) is 30.3 Å². The Bertz CT molecular complexity index is 1190. The largest absolute Gasteiger partial charge is 0.348 e. The third-order valence-corrected chi connectivity index (χ3v) is 4.72. The number of halogens is 1. The van der Waals surface area contributed by atoms with E-state index >= 15 is 0 Å². The van der Waals surface area contributed by atoms with Gasteiger partial charge in [0.25, 0.3) is 11.8 Å². The Kier molecular flexibility index (Phi) is 5.84. The summed E-state index contributed by atoms with van der Waals surface area (Å²) in [6.07, 6.45) is 1.48. The van der Waals surface area contributed by atoms with Gasteiger partial charge in [0.05, 0.1) is 17.5 Å². The summed E-state index contributed by atoms with van der Waals surface area (Å²) in [5, 5.41) is 12.4. The molecule has 1 heterocycles. The van der Waals surface area contributed by atoms with Crippen molar-refractivity contribution in [3.8, 4) is 11.3 Å². The number of amides is 2. The van der Waals surface area contributed by atoms with E-state index in [4.69, 9.17) is 0 Å². The highest BCUT2D eigenvalue weighted by molar-refractivity contribution is 6.08. The first-order valence-corrected chi connectivity index (χ1v) is 9.63. The van der Waals surface area contributed by atoms with E-state index in [0.29, 0.717) is 29.1 Å². The second-order valence-corrected chi connectivity index (χ2v) is 6.87. The Morgan fingerprint density at radius 3 is 2.29 bits per heavy atom. The van der Waals surface area contributed by atoms with Gasteiger partial charge in [0, 0.05) is 23.4 Å². The molecule has 3 aromatic carbocycles. The van der Waals surface area contributed by atoms with E-state index in [1.165, 1.54) is 18.3 Å². The first kappa shape index (κ1) is 20.0. The monoisotopic (exact) mass is 414 g/mol. The van der Waals surface area contributed by atoms with Gasteiger partial charge in [-0.05, 0) is 42.0 Å². The second-order valence-electron chi connectivity index (χ2n) is 6.87. The lowest BCUT2D eigenvalue weighted by atomic mass is 10.1. The van der Waals surface area contributed by atoms with Crippen LogP contribution in [0.2, 0.25) is 0 Å². The molecule has 31 heavy (non-hydrogen) atoms. The maximum Gasteiger partial charge on any atom is 0.259 e. The van der Waals surface area contributed by atoms with E-state index in [9.17, 15) is 14.0 Å². The zero-order chi connectivity index (χ0) is 21.6. The van der Waals surface area contributed by atoms with Gasteiger partial charge in [-0.2, -0.15) is 5.10 Å². The van der Waals surface area contributed by atoms with Gasteiger partial charge in [-0.25, -0.2) is 4.39 Å². The van der Waals surface area contributed by atoms with Crippen LogP contribution in [0.15, 0.2) is 85.1 Å². The number of nitrogens with zero attached hydrogens (tertiary/aromatic N) is 1. The topological polar surface area (TPSA) is 86.9 Å². The molecule has 0 atom stereocenters. The molecule has 0 fully saturated rings. The maximum absolute atomic E-state index is 13.0. The molecule has 0 unspecified atom stereocenters. The number of anilines is 1. The molecule has 0 saturated heterocycles. The molecule has 6 nitrogen and oxygen atoms in total. The van der Waals surface area contributed by atoms with Crippen molar-refractivity contribution in [1.82, 2.24) is 15.5 Å². The molecule has 1 aromatic heterocycles. The van der Waals surface area contributed by atoms with Crippen molar-refractivity contribution in [3.05, 3.63) is 108 Å². The number of H-pyrrole nitrogens is 1. The van der Waals surface area contributed by atoms with Gasteiger partial charge in [-0.15, -0.1) is 0 Å². The van der Waals surface area contributed by atoms with Crippen LogP contribution in [-0.4, -0.2) is 22.0 Å². The predicted octanol–water partition coefficient (Wildman–Crippen LogP) is 4.40. The molecule has 0 bridgehead atoms. The molecular weight excluding hydrogens is 395 g/mol. The van der Waals surface area contributed by atoms with Crippen LogP contribution >= 0.6 is 0 Å². The second kappa shape index (κ2) is 9.04. The fourth-order valence-electron chi connectivity index (χ4n) is 3.07. The Hall–Kier alpha value is -4.26. The minimum absolute atomic E-state index is 0.261. The SMILES string of the molecule is O=C(NCc1ccc(F)cc1)c1ccc(NC(=O)c2cn[nH]c2-c2ccccc2)cc1. The summed E-state index contributed by atoms with van der Waals surface area (Å²) in [5.74, 6) is -0.886. The Balaban J connectivity index is 1.39. The summed E-state index contributed by atoms with van der Waals surface area (Å²) < 4.78 is 13.0. The van der Waals surface area contributed by atoms with Crippen molar-refractivity contribution in [2.24, 2.45) is 0 Å². The standard InChI is InChI=1S/C24H19FN4O2/c25-19-10-6-16(7-11-19)14-26-23(30)18-8-12-20(13-9-18)28-24(31)21-15-27-29-22(21)17-4-2-1-3-5-17/h1-13,15H,14H2,(H,26,30)(H,27,29)(H,28,31). The maximum atomic E-state index is 13.0. The smallest absolute Gasteiger partial charge is 0.259 e. The lowest BCUT2D eigenvalue weighted by molar-refractivity contribution is 0.0950. The van der Waals surface area contributed by atoms with Gasteiger partial charge < -0.3 is 10.6 Å². The van der Waals surface area contributed by atoms with E-state index in [0.717, 1.165) is 11.1 Å². The number of aromatic amines is 1. The third kappa shape index (κ3) is 4.84. The van der Waals surface area contributed by atoms with Crippen LogP contribution in [0, 0.1) is 5.82 Å². The highest BCUT2D eigenvalue weighted by atomic mass is 19.1. The molecule has 4 aromatic rings. The average molecular weight is 414 g/mol. The summed E-state index contributed by atoms with van der Waals surface area (Å²) in [5.41, 5.74) is 3.72. The normalized spacial score (nSPS) is 10.5. The lowest BCUT2D eigenvalue weighted by Crippen LogP contribution is -2.22. The van der Waals surface area contributed by atoms with Crippen LogP contribution in [-0.2, 0) is 6.54 Å². The van der Waals surface area contributed by atoms with Crippen molar-refractivity contribution < 1.29 is 14.0 Å². The first-order chi connectivity index (χ1) is 15.1. The third-order valence-electron chi connectivity index (χ3n) is 4.72. The van der Waals surface area contributed by atoms with Gasteiger partial charge in [-0.3, -0.25) is 14.7 Å². The number of hydrogen-bond donors (Lipinski definition) is 3. The highest BCUT2D eigenvalue weighted by Gasteiger charge is 2.15. The summed E-state index contributed by atoms with van der Waals surface area (Å²) >= 11 is 0. The van der Waals surface area contributed by atoms with E-state index < -0.39 is 0 Å². The van der Waals surface area contributed by atoms with Crippen molar-refractivity contribution in [2.45, 2.75) is 6.54 Å². The number of benzene rings is 3. The van der Waals surface area contributed by atoms with Gasteiger partial charge in [-0.1, -0.05) is 42.5 Å². The molecule has 0 radical (unpaired) electrons. The van der Waals surface area contributed by atoms with Crippen LogP contribution in [0.1, 0.15) is 26.3 Å². The van der Waals surface area contributed by atoms with Gasteiger partial charge in [0.15, 0.2) is 0 Å². The van der Waals surface area contributed by atoms with Crippen molar-refractivity contribution >= 4 is 17.5 Å². The quantitative estimate of drug-likeness (QED) is 0.437. The minimum atomic E-state index is -0.320. The van der Waals surface area contributed by atoms with Crippen molar-refractivity contribution in [3.63, 3.8) is 0 Å². The van der Waals surface area contributed by atoms with Crippen LogP contribution < -0.4 is 10.6 Å². The minimum Gasteiger partial charge on any atom is -0.348 e. The number of aromatic nitrogens is 2. The number of nitrogens with one attached hydrogen (secondary N) is 3. The van der Waals surface area contributed by atoms with Gasteiger partial charge in [0.1, 0.15) is 5.82 Å². The average Bonchev–Trinajstić information content (AvgIpc) is 3.30. The van der Waals surface area contributed by atoms with Crippen molar-refractivity contribution in [1.29, 1.82) is 0 Å². The molecule has 4 rings (SSSR count). The number of carbonyl (C=O) groups excluding carboxylic acids is 2. The molecule has 7 heteroatoms. The molecule has 0 aliphatic rings. The molecule has 0 aliphatic carbocycles. The summed E-state index contributed by atoms with van der Waals surface area (Å²) in [6, 6.07) is 22.0. The Labute approximate surface area is 178 Å². The predicted molar refractivity (Wildman–Crippen MR) is 116 cm³/mol. The van der Waals surface area contributed by atoms with Crippen LogP contribution in [0.5, 0.6) is 0 Å². The van der Waals surface area contributed by atoms with E-state index in [1.54, 1.807) is 36.4 Å². The first-order valence-electron chi connectivity index (χ1n) is 9.63. The lowest BCUT2D eigenvalue weighted by Gasteiger charge is -2.08. The molecule has 2 amide bonds. The molecule has 3 N–H and O–H groups in total. The molecule has 154 valence electrons. The van der Waals surface area contributed by atoms with Crippen molar-refractivity contribution in [2.75, 3.05) is 5.32 Å². The van der Waals surface area contributed by atoms with Gasteiger partial charge in [0.2, 0.25) is 0 Å². The fraction of sp³-hybridized carbons (Fsp3) is 0.0417. The number of rotatable bonds is 6. The molecular formula is C24H19FN4O2. The zero-order valence-corrected chi connectivity index (χ0v) is 16.4. The summed E-state index contributed by atoms with van der Waals surface area (Å²) in [4.78, 5) is 25.0. The molecule has 0 spiro atoms.